The van der Waals surface area contributed by atoms with E-state index in [-0.39, 0.29) is 39.2 Å². The lowest BCUT2D eigenvalue weighted by Crippen LogP contribution is -2.32. The van der Waals surface area contributed by atoms with E-state index < -0.39 is 22.8 Å². The number of anilines is 1. The second-order valence-corrected chi connectivity index (χ2v) is 12.0. The topological polar surface area (TPSA) is 144 Å². The summed E-state index contributed by atoms with van der Waals surface area (Å²) in [6.45, 7) is 12.8. The molecule has 0 aromatic heterocycles. The van der Waals surface area contributed by atoms with Gasteiger partial charge in [0, 0.05) is 57.8 Å². The Kier molecular flexibility index (Phi) is 7.15. The number of fused-ring (bicyclic) bond motifs is 2. The summed E-state index contributed by atoms with van der Waals surface area (Å²) in [5.74, 6) is -0.420. The number of aromatic carboxylic acids is 2. The van der Waals surface area contributed by atoms with Gasteiger partial charge in [0.15, 0.2) is 11.5 Å². The van der Waals surface area contributed by atoms with Crippen molar-refractivity contribution >= 4 is 40.7 Å². The number of hydrogen-bond donors (Lipinski definition) is 2. The van der Waals surface area contributed by atoms with Crippen LogP contribution in [-0.2, 0) is 15.6 Å². The molecule has 2 aliphatic heterocycles. The van der Waals surface area contributed by atoms with E-state index in [0.29, 0.717) is 13.1 Å². The number of allylic oxidation sites excluding steroid dienone is 7. The number of hydrogen-bond acceptors (Lipinski definition) is 5. The molecule has 0 spiro atoms. The van der Waals surface area contributed by atoms with Crippen LogP contribution in [0.4, 0.5) is 11.4 Å². The van der Waals surface area contributed by atoms with Crippen molar-refractivity contribution in [2.75, 3.05) is 18.0 Å². The molecule has 1 aliphatic carbocycles. The third-order valence-corrected chi connectivity index (χ3v) is 8.97. The molecule has 0 saturated heterocycles. The zero-order valence-electron chi connectivity index (χ0n) is 25.4. The molecule has 5 rings (SSSR count). The molecule has 0 radical (unpaired) electrons. The number of nitriles is 1. The predicted octanol–water partition coefficient (Wildman–Crippen LogP) is 5.68. The van der Waals surface area contributed by atoms with Gasteiger partial charge in [0.05, 0.1) is 22.1 Å². The van der Waals surface area contributed by atoms with Crippen molar-refractivity contribution in [2.24, 2.45) is 0 Å². The third kappa shape index (κ3) is 4.26. The van der Waals surface area contributed by atoms with Gasteiger partial charge in [-0.2, -0.15) is 9.84 Å². The van der Waals surface area contributed by atoms with Gasteiger partial charge in [-0.25, -0.2) is 15.5 Å². The number of carboxylic acid groups (broad SMARTS) is 2. The molecular weight excluding hydrogens is 556 g/mol. The molecule has 0 fully saturated rings. The third-order valence-electron chi connectivity index (χ3n) is 8.97. The van der Waals surface area contributed by atoms with Crippen molar-refractivity contribution in [3.05, 3.63) is 104 Å². The fraction of sp³-hybridized carbons (Fsp3) is 0.286. The van der Waals surface area contributed by atoms with Gasteiger partial charge in [-0.15, -0.1) is 0 Å². The Balaban J connectivity index is 1.69. The number of rotatable bonds is 7. The van der Waals surface area contributed by atoms with Crippen LogP contribution < -0.4 is 4.90 Å². The van der Waals surface area contributed by atoms with Crippen molar-refractivity contribution in [3.8, 4) is 6.07 Å². The second-order valence-electron chi connectivity index (χ2n) is 12.0. The molecule has 0 atom stereocenters. The summed E-state index contributed by atoms with van der Waals surface area (Å²) in [6.07, 6.45) is 3.45. The fourth-order valence-corrected chi connectivity index (χ4v) is 6.63. The molecule has 222 valence electrons. The van der Waals surface area contributed by atoms with Crippen molar-refractivity contribution in [1.82, 2.24) is 0 Å². The molecule has 0 amide bonds. The molecule has 0 bridgehead atoms. The maximum atomic E-state index is 13.9. The van der Waals surface area contributed by atoms with Gasteiger partial charge in [0.25, 0.3) is 0 Å². The summed E-state index contributed by atoms with van der Waals surface area (Å²) in [5, 5.41) is 39.0. The summed E-state index contributed by atoms with van der Waals surface area (Å²) >= 11 is 0. The standard InChI is InChI=1S/C35H32N4O5/c1-7-38-26-11-9-19(32(41)42)13-24(26)34(3,4)28(38)15-22-30(21(17-36)18-37)23(31(22)40)16-29-35(5,6)25-14-20(33(43)44)10-12-27(25)39(29)8-2/h9-16H,7-8H2,1-6H3,(H,41,42)(H,43,44). The second kappa shape index (κ2) is 10.4. The molecule has 2 aromatic carbocycles. The van der Waals surface area contributed by atoms with E-state index >= 15 is 0 Å². The highest BCUT2D eigenvalue weighted by Crippen LogP contribution is 2.50. The molecule has 44 heavy (non-hydrogen) atoms. The first-order valence-electron chi connectivity index (χ1n) is 14.3. The molecule has 9 heteroatoms. The van der Waals surface area contributed by atoms with Crippen LogP contribution in [0, 0.1) is 11.3 Å². The fourth-order valence-electron chi connectivity index (χ4n) is 6.63. The maximum Gasteiger partial charge on any atom is 0.335 e. The van der Waals surface area contributed by atoms with Crippen LogP contribution in [-0.4, -0.2) is 57.2 Å². The minimum absolute atomic E-state index is 0.164. The van der Waals surface area contributed by atoms with E-state index in [0.717, 1.165) is 33.9 Å². The van der Waals surface area contributed by atoms with Gasteiger partial charge in [0.2, 0.25) is 5.69 Å². The highest BCUT2D eigenvalue weighted by Gasteiger charge is 2.47. The van der Waals surface area contributed by atoms with Crippen molar-refractivity contribution < 1.29 is 29.2 Å². The zero-order valence-corrected chi connectivity index (χ0v) is 25.4. The number of Topliss-reactive ketones (excluding diaryl/α,β-unsaturated/α-hetero) is 1. The van der Waals surface area contributed by atoms with E-state index in [4.69, 9.17) is 0 Å². The van der Waals surface area contributed by atoms with Gasteiger partial charge < -0.3 is 20.5 Å². The smallest absolute Gasteiger partial charge is 0.335 e. The summed E-state index contributed by atoms with van der Waals surface area (Å²) in [5.41, 5.74) is 4.36. The first-order valence-corrected chi connectivity index (χ1v) is 14.3. The van der Waals surface area contributed by atoms with Crippen molar-refractivity contribution in [3.63, 3.8) is 0 Å². The van der Waals surface area contributed by atoms with Crippen LogP contribution in [0.15, 0.2) is 76.5 Å². The van der Waals surface area contributed by atoms with Crippen LogP contribution in [0.25, 0.3) is 5.41 Å². The van der Waals surface area contributed by atoms with Gasteiger partial charge in [-0.3, -0.25) is 4.79 Å². The van der Waals surface area contributed by atoms with Crippen molar-refractivity contribution in [1.29, 1.82) is 5.26 Å². The normalized spacial score (nSPS) is 19.5. The number of nitrogens with zero attached hydrogens (tertiary/aromatic N) is 4. The minimum Gasteiger partial charge on any atom is -0.762 e. The number of carboxylic acids is 2. The minimum atomic E-state index is -1.03. The first-order chi connectivity index (χ1) is 20.7. The molecule has 3 aliphatic rings. The molecule has 2 aromatic rings. The Morgan fingerprint density at radius 2 is 1.59 bits per heavy atom. The van der Waals surface area contributed by atoms with Crippen LogP contribution in [0.2, 0.25) is 0 Å². The highest BCUT2D eigenvalue weighted by atomic mass is 16.4. The predicted molar refractivity (Wildman–Crippen MR) is 167 cm³/mol. The average molecular weight is 589 g/mol. The Morgan fingerprint density at radius 3 is 2.14 bits per heavy atom. The van der Waals surface area contributed by atoms with Crippen LogP contribution in [0.3, 0.4) is 0 Å². The van der Waals surface area contributed by atoms with E-state index in [1.54, 1.807) is 48.6 Å². The van der Waals surface area contributed by atoms with Gasteiger partial charge in [-0.05, 0) is 69.7 Å². The molecule has 2 heterocycles. The van der Waals surface area contributed by atoms with Crippen LogP contribution in [0.1, 0.15) is 73.4 Å². The lowest BCUT2D eigenvalue weighted by molar-refractivity contribution is -0.433. The summed E-state index contributed by atoms with van der Waals surface area (Å²) in [7, 11) is 0. The Bertz CT molecular complexity index is 1920. The zero-order chi connectivity index (χ0) is 32.3. The Labute approximate surface area is 255 Å². The molecular formula is C35H32N4O5. The molecule has 0 unspecified atom stereocenters. The Hall–Kier alpha value is -5.32. The first kappa shape index (κ1) is 30.1. The Morgan fingerprint density at radius 1 is 0.977 bits per heavy atom. The SMILES string of the molecule is CCN1/C(=C/C2=C(C(=C=[N-])C#N)C(=C/C3=[N+](CC)c4ccc(C(=O)O)cc4C3(C)C)/C2=O)C(C)(C)c2cc(C(=O)O)ccc21. The maximum absolute atomic E-state index is 13.9. The molecule has 9 nitrogen and oxygen atoms in total. The van der Waals surface area contributed by atoms with Gasteiger partial charge in [0.1, 0.15) is 12.6 Å². The van der Waals surface area contributed by atoms with Crippen LogP contribution in [0.5, 0.6) is 0 Å². The summed E-state index contributed by atoms with van der Waals surface area (Å²) in [6, 6.07) is 11.9. The quantitative estimate of drug-likeness (QED) is 0.183. The van der Waals surface area contributed by atoms with E-state index in [2.05, 4.69) is 0 Å². The number of likely N-dealkylation sites (N-methyl/N-ethyl adjacent to an activating group) is 1. The van der Waals surface area contributed by atoms with E-state index in [1.165, 1.54) is 0 Å². The van der Waals surface area contributed by atoms with E-state index in [1.807, 2.05) is 63.0 Å². The number of ketones is 1. The number of carbonyl (C=O) groups excluding carboxylic acids is 1. The van der Waals surface area contributed by atoms with Gasteiger partial charge in [-0.1, -0.05) is 13.8 Å². The lowest BCUT2D eigenvalue weighted by Gasteiger charge is -2.30. The molecule has 2 N–H and O–H groups in total. The highest BCUT2D eigenvalue weighted by molar-refractivity contribution is 6.27. The van der Waals surface area contributed by atoms with Crippen molar-refractivity contribution in [2.45, 2.75) is 52.4 Å². The molecule has 0 saturated carbocycles. The monoisotopic (exact) mass is 588 g/mol. The summed E-state index contributed by atoms with van der Waals surface area (Å²) in [4.78, 5) is 39.4. The lowest BCUT2D eigenvalue weighted by atomic mass is 9.73. The number of carbonyl (C=O) groups is 3. The average Bonchev–Trinajstić information content (AvgIpc) is 3.34. The largest absolute Gasteiger partial charge is 0.762 e. The van der Waals surface area contributed by atoms with Gasteiger partial charge >= 0.3 is 11.9 Å². The van der Waals surface area contributed by atoms with Crippen LogP contribution >= 0.6 is 0 Å². The van der Waals surface area contributed by atoms with E-state index in [9.17, 15) is 35.3 Å². The summed E-state index contributed by atoms with van der Waals surface area (Å²) < 4.78 is 2.02. The number of benzene rings is 2.